The molecular formula is C13H10BrNO5. The van der Waals surface area contributed by atoms with E-state index in [4.69, 9.17) is 14.3 Å². The molecule has 104 valence electrons. The van der Waals surface area contributed by atoms with Crippen LogP contribution >= 0.6 is 15.9 Å². The fourth-order valence-corrected chi connectivity index (χ4v) is 1.96. The Morgan fingerprint density at radius 2 is 2.25 bits per heavy atom. The maximum Gasteiger partial charge on any atom is 0.412 e. The topological polar surface area (TPSA) is 88.8 Å². The predicted molar refractivity (Wildman–Crippen MR) is 76.0 cm³/mol. The van der Waals surface area contributed by atoms with Gasteiger partial charge >= 0.3 is 12.1 Å². The lowest BCUT2D eigenvalue weighted by Crippen LogP contribution is -2.15. The minimum atomic E-state index is -1.28. The Kier molecular flexibility index (Phi) is 4.09. The van der Waals surface area contributed by atoms with E-state index in [0.717, 1.165) is 4.47 Å². The second kappa shape index (κ2) is 5.79. The monoisotopic (exact) mass is 339 g/mol. The molecule has 0 spiro atoms. The summed E-state index contributed by atoms with van der Waals surface area (Å²) in [6.45, 7) is 3.44. The predicted octanol–water partition coefficient (Wildman–Crippen LogP) is 3.63. The molecule has 1 aromatic carbocycles. The average Bonchev–Trinajstić information content (AvgIpc) is 2.74. The van der Waals surface area contributed by atoms with Crippen LogP contribution in [0.15, 0.2) is 39.7 Å². The highest BCUT2D eigenvalue weighted by atomic mass is 79.9. The highest BCUT2D eigenvalue weighted by Crippen LogP contribution is 2.32. The Bertz CT molecular complexity index is 691. The summed E-state index contributed by atoms with van der Waals surface area (Å²) in [5.41, 5.74) is 0.407. The standard InChI is InChI=1S/C13H10BrNO5/c1-2-5-19-13(18)15-10-8-4-3-7(14)6-9(8)20-11(10)12(16)17/h2-4,6H,1,5H2,(H,15,18)(H,16,17). The molecule has 0 saturated carbocycles. The number of benzene rings is 1. The highest BCUT2D eigenvalue weighted by Gasteiger charge is 2.22. The number of nitrogens with one attached hydrogen (secondary N) is 1. The summed E-state index contributed by atoms with van der Waals surface area (Å²) in [7, 11) is 0. The van der Waals surface area contributed by atoms with Crippen molar-refractivity contribution in [3.63, 3.8) is 0 Å². The molecule has 0 aliphatic heterocycles. The van der Waals surface area contributed by atoms with Crippen LogP contribution in [-0.2, 0) is 4.74 Å². The van der Waals surface area contributed by atoms with Crippen molar-refractivity contribution in [2.45, 2.75) is 0 Å². The molecule has 1 heterocycles. The molecule has 20 heavy (non-hydrogen) atoms. The molecule has 6 nitrogen and oxygen atoms in total. The lowest BCUT2D eigenvalue weighted by molar-refractivity contribution is 0.0666. The van der Waals surface area contributed by atoms with Gasteiger partial charge < -0.3 is 14.3 Å². The Morgan fingerprint density at radius 3 is 2.90 bits per heavy atom. The summed E-state index contributed by atoms with van der Waals surface area (Å²) in [6.07, 6.45) is 0.625. The van der Waals surface area contributed by atoms with Gasteiger partial charge in [-0.25, -0.2) is 9.59 Å². The summed E-state index contributed by atoms with van der Waals surface area (Å²) in [5, 5.41) is 12.0. The number of fused-ring (bicyclic) bond motifs is 1. The molecule has 0 aliphatic rings. The highest BCUT2D eigenvalue weighted by molar-refractivity contribution is 9.10. The van der Waals surface area contributed by atoms with Crippen molar-refractivity contribution in [3.8, 4) is 0 Å². The van der Waals surface area contributed by atoms with Crippen LogP contribution in [0.5, 0.6) is 0 Å². The van der Waals surface area contributed by atoms with Crippen LogP contribution in [-0.4, -0.2) is 23.8 Å². The van der Waals surface area contributed by atoms with Gasteiger partial charge in [0, 0.05) is 9.86 Å². The van der Waals surface area contributed by atoms with Gasteiger partial charge in [-0.15, -0.1) is 0 Å². The normalized spacial score (nSPS) is 10.2. The molecule has 1 amide bonds. The van der Waals surface area contributed by atoms with Crippen molar-refractivity contribution in [1.29, 1.82) is 0 Å². The molecule has 2 aromatic rings. The second-order valence-electron chi connectivity index (χ2n) is 3.76. The molecule has 0 atom stereocenters. The fraction of sp³-hybridized carbons (Fsp3) is 0.0769. The van der Waals surface area contributed by atoms with Crippen molar-refractivity contribution in [3.05, 3.63) is 41.1 Å². The molecule has 7 heteroatoms. The number of halogens is 1. The van der Waals surface area contributed by atoms with Gasteiger partial charge in [0.1, 0.15) is 17.9 Å². The van der Waals surface area contributed by atoms with E-state index in [1.807, 2.05) is 0 Å². The summed E-state index contributed by atoms with van der Waals surface area (Å²) in [6, 6.07) is 4.96. The van der Waals surface area contributed by atoms with Crippen LogP contribution in [0.1, 0.15) is 10.6 Å². The summed E-state index contributed by atoms with van der Waals surface area (Å²) >= 11 is 3.26. The number of carboxylic acid groups (broad SMARTS) is 1. The van der Waals surface area contributed by atoms with E-state index in [2.05, 4.69) is 27.8 Å². The van der Waals surface area contributed by atoms with Crippen molar-refractivity contribution < 1.29 is 23.8 Å². The third kappa shape index (κ3) is 2.83. The number of hydrogen-bond donors (Lipinski definition) is 2. The maximum absolute atomic E-state index is 11.5. The number of aromatic carboxylic acids is 1. The summed E-state index contributed by atoms with van der Waals surface area (Å²) in [5.74, 6) is -1.63. The first-order valence-electron chi connectivity index (χ1n) is 5.53. The number of anilines is 1. The Hall–Kier alpha value is -2.28. The van der Waals surface area contributed by atoms with Gasteiger partial charge in [0.25, 0.3) is 0 Å². The van der Waals surface area contributed by atoms with Gasteiger partial charge in [-0.05, 0) is 18.2 Å². The van der Waals surface area contributed by atoms with Crippen molar-refractivity contribution in [2.24, 2.45) is 0 Å². The zero-order valence-corrected chi connectivity index (χ0v) is 11.8. The number of rotatable bonds is 4. The van der Waals surface area contributed by atoms with Crippen LogP contribution in [0.3, 0.4) is 0 Å². The number of furan rings is 1. The number of ether oxygens (including phenoxy) is 1. The number of carbonyl (C=O) groups excluding carboxylic acids is 1. The summed E-state index contributed by atoms with van der Waals surface area (Å²) in [4.78, 5) is 22.7. The van der Waals surface area contributed by atoms with Gasteiger partial charge in [-0.2, -0.15) is 0 Å². The smallest absolute Gasteiger partial charge is 0.412 e. The molecule has 0 radical (unpaired) electrons. The van der Waals surface area contributed by atoms with Gasteiger partial charge in [-0.1, -0.05) is 28.6 Å². The molecule has 0 saturated heterocycles. The zero-order chi connectivity index (χ0) is 14.7. The van der Waals surface area contributed by atoms with Gasteiger partial charge in [-0.3, -0.25) is 5.32 Å². The van der Waals surface area contributed by atoms with E-state index in [9.17, 15) is 9.59 Å². The van der Waals surface area contributed by atoms with Crippen LogP contribution < -0.4 is 5.32 Å². The van der Waals surface area contributed by atoms with Gasteiger partial charge in [0.05, 0.1) is 0 Å². The minimum absolute atomic E-state index is 0.0234. The minimum Gasteiger partial charge on any atom is -0.475 e. The Labute approximate surface area is 122 Å². The molecular weight excluding hydrogens is 330 g/mol. The quantitative estimate of drug-likeness (QED) is 0.830. The largest absolute Gasteiger partial charge is 0.475 e. The molecule has 2 N–H and O–H groups in total. The average molecular weight is 340 g/mol. The zero-order valence-electron chi connectivity index (χ0n) is 10.2. The van der Waals surface area contributed by atoms with Crippen LogP contribution in [0.2, 0.25) is 0 Å². The molecule has 0 aliphatic carbocycles. The van der Waals surface area contributed by atoms with E-state index in [0.29, 0.717) is 11.0 Å². The molecule has 1 aromatic heterocycles. The van der Waals surface area contributed by atoms with Crippen molar-refractivity contribution in [2.75, 3.05) is 11.9 Å². The van der Waals surface area contributed by atoms with Crippen molar-refractivity contribution in [1.82, 2.24) is 0 Å². The number of amides is 1. The number of carboxylic acids is 1. The SMILES string of the molecule is C=CCOC(=O)Nc1c(C(=O)O)oc2cc(Br)ccc12. The van der Waals surface area contributed by atoms with Gasteiger partial charge in [0.2, 0.25) is 5.76 Å². The second-order valence-corrected chi connectivity index (χ2v) is 4.68. The van der Waals surface area contributed by atoms with Crippen LogP contribution in [0.4, 0.5) is 10.5 Å². The Balaban J connectivity index is 2.43. The van der Waals surface area contributed by atoms with E-state index in [1.165, 1.54) is 6.08 Å². The summed E-state index contributed by atoms with van der Waals surface area (Å²) < 4.78 is 10.7. The van der Waals surface area contributed by atoms with Crippen LogP contribution in [0.25, 0.3) is 11.0 Å². The lowest BCUT2D eigenvalue weighted by Gasteiger charge is -2.04. The van der Waals surface area contributed by atoms with E-state index in [1.54, 1.807) is 18.2 Å². The maximum atomic E-state index is 11.5. The lowest BCUT2D eigenvalue weighted by atomic mass is 10.2. The van der Waals surface area contributed by atoms with E-state index >= 15 is 0 Å². The molecule has 2 rings (SSSR count). The Morgan fingerprint density at radius 1 is 1.50 bits per heavy atom. The third-order valence-corrected chi connectivity index (χ3v) is 2.90. The van der Waals surface area contributed by atoms with E-state index < -0.39 is 12.1 Å². The van der Waals surface area contributed by atoms with E-state index in [-0.39, 0.29) is 18.1 Å². The number of carbonyl (C=O) groups is 2. The molecule has 0 fully saturated rings. The first kappa shape index (κ1) is 14.1. The molecule has 0 bridgehead atoms. The first-order chi connectivity index (χ1) is 9.52. The third-order valence-electron chi connectivity index (χ3n) is 2.41. The molecule has 0 unspecified atom stereocenters. The fourth-order valence-electron chi connectivity index (χ4n) is 1.62. The van der Waals surface area contributed by atoms with Crippen LogP contribution in [0, 0.1) is 0 Å². The number of hydrogen-bond acceptors (Lipinski definition) is 4. The first-order valence-corrected chi connectivity index (χ1v) is 6.32. The van der Waals surface area contributed by atoms with Crippen molar-refractivity contribution >= 4 is 44.6 Å². The van der Waals surface area contributed by atoms with Gasteiger partial charge in [0.15, 0.2) is 0 Å².